The summed E-state index contributed by atoms with van der Waals surface area (Å²) >= 11 is 0. The lowest BCUT2D eigenvalue weighted by Crippen LogP contribution is -2.44. The maximum atomic E-state index is 13.8. The van der Waals surface area contributed by atoms with E-state index in [9.17, 15) is 14.4 Å². The van der Waals surface area contributed by atoms with Gasteiger partial charge in [0.05, 0.1) is 19.2 Å². The molecule has 0 spiro atoms. The number of nitrogens with two attached hydrogens (primary N) is 1. The summed E-state index contributed by atoms with van der Waals surface area (Å²) in [7, 11) is 1.25. The normalized spacial score (nSPS) is 16.0. The number of fused-ring (bicyclic) bond motifs is 2. The molecule has 0 saturated carbocycles. The van der Waals surface area contributed by atoms with E-state index in [1.54, 1.807) is 4.57 Å². The Morgan fingerprint density at radius 3 is 2.65 bits per heavy atom. The van der Waals surface area contributed by atoms with Gasteiger partial charge in [-0.15, -0.1) is 0 Å². The average molecular weight is 507 g/mol. The van der Waals surface area contributed by atoms with E-state index in [0.717, 1.165) is 40.6 Å². The monoisotopic (exact) mass is 506 g/mol. The number of para-hydroxylation sites is 1. The minimum Gasteiger partial charge on any atom is -0.468 e. The number of aryl methyl sites for hydroxylation is 2. The number of imidazole rings is 1. The number of esters is 1. The van der Waals surface area contributed by atoms with Crippen molar-refractivity contribution in [2.75, 3.05) is 25.1 Å². The Morgan fingerprint density at radius 1 is 1.14 bits per heavy atom. The van der Waals surface area contributed by atoms with Gasteiger partial charge in [0.2, 0.25) is 5.95 Å². The number of methoxy groups -OCH3 is 1. The zero-order chi connectivity index (χ0) is 26.3. The second kappa shape index (κ2) is 9.77. The summed E-state index contributed by atoms with van der Waals surface area (Å²) < 4.78 is 8.87. The molecule has 1 atom stereocenters. The Morgan fingerprint density at radius 2 is 1.92 bits per heavy atom. The molecule has 0 aliphatic carbocycles. The lowest BCUT2D eigenvalue weighted by molar-refractivity contribution is -0.141. The highest BCUT2D eigenvalue weighted by Crippen LogP contribution is 2.23. The zero-order valence-corrected chi connectivity index (χ0v) is 21.2. The molecule has 0 amide bonds. The van der Waals surface area contributed by atoms with E-state index in [2.05, 4.69) is 9.97 Å². The molecule has 1 aliphatic heterocycles. The van der Waals surface area contributed by atoms with E-state index in [1.807, 2.05) is 43.0 Å². The van der Waals surface area contributed by atoms with E-state index in [1.165, 1.54) is 11.7 Å². The van der Waals surface area contributed by atoms with Gasteiger partial charge in [0, 0.05) is 36.8 Å². The molecule has 5 rings (SSSR count). The van der Waals surface area contributed by atoms with E-state index < -0.39 is 17.2 Å². The van der Waals surface area contributed by atoms with Crippen LogP contribution in [0, 0.1) is 6.92 Å². The van der Waals surface area contributed by atoms with Crippen LogP contribution in [0.2, 0.25) is 0 Å². The molecule has 2 N–H and O–H groups in total. The Labute approximate surface area is 212 Å². The quantitative estimate of drug-likeness (QED) is 0.375. The lowest BCUT2D eigenvalue weighted by atomic mass is 10.1. The number of piperidine rings is 1. The summed E-state index contributed by atoms with van der Waals surface area (Å²) in [4.78, 5) is 55.6. The molecular weight excluding hydrogens is 476 g/mol. The van der Waals surface area contributed by atoms with Crippen LogP contribution in [0.1, 0.15) is 31.3 Å². The fraction of sp³-hybridized carbons (Fsp3) is 0.440. The molecule has 1 aromatic carbocycles. The first-order valence-electron chi connectivity index (χ1n) is 12.4. The van der Waals surface area contributed by atoms with Crippen LogP contribution < -0.4 is 21.9 Å². The average Bonchev–Trinajstić information content (AvgIpc) is 3.29. The number of hydrogen-bond donors (Lipinski definition) is 1. The number of hydrogen-bond acceptors (Lipinski definition) is 9. The molecule has 1 fully saturated rings. The number of rotatable bonds is 6. The van der Waals surface area contributed by atoms with Crippen LogP contribution in [0.5, 0.6) is 0 Å². The Balaban J connectivity index is 1.72. The topological polar surface area (TPSA) is 143 Å². The summed E-state index contributed by atoms with van der Waals surface area (Å²) in [5, 5.41) is 0.894. The van der Waals surface area contributed by atoms with Crippen molar-refractivity contribution in [1.29, 1.82) is 0 Å². The van der Waals surface area contributed by atoms with Gasteiger partial charge >= 0.3 is 11.7 Å². The van der Waals surface area contributed by atoms with Crippen molar-refractivity contribution in [2.45, 2.75) is 52.4 Å². The largest absolute Gasteiger partial charge is 0.468 e. The molecule has 1 saturated heterocycles. The highest BCUT2D eigenvalue weighted by Gasteiger charge is 2.27. The summed E-state index contributed by atoms with van der Waals surface area (Å²) in [6.45, 7) is 4.98. The first kappa shape index (κ1) is 24.6. The SMILES string of the molecule is CCn1c(N2CCC[C@@H](N)C2)nc2c1c(=O)n(Cc1nc(C)c3ccccc3n1)c(=O)n2CC(=O)OC. The summed E-state index contributed by atoms with van der Waals surface area (Å²) in [5.74, 6) is 0.251. The zero-order valence-electron chi connectivity index (χ0n) is 21.2. The molecule has 12 nitrogen and oxygen atoms in total. The van der Waals surface area contributed by atoms with Crippen molar-refractivity contribution in [3.63, 3.8) is 0 Å². The third kappa shape index (κ3) is 4.37. The van der Waals surface area contributed by atoms with Gasteiger partial charge in [-0.2, -0.15) is 4.98 Å². The van der Waals surface area contributed by atoms with Crippen LogP contribution in [0.25, 0.3) is 22.1 Å². The van der Waals surface area contributed by atoms with Gasteiger partial charge in [0.15, 0.2) is 11.2 Å². The predicted molar refractivity (Wildman–Crippen MR) is 139 cm³/mol. The molecule has 37 heavy (non-hydrogen) atoms. The fourth-order valence-electron chi connectivity index (χ4n) is 4.99. The highest BCUT2D eigenvalue weighted by atomic mass is 16.5. The van der Waals surface area contributed by atoms with E-state index in [-0.39, 0.29) is 30.3 Å². The van der Waals surface area contributed by atoms with Crippen LogP contribution in [0.4, 0.5) is 5.95 Å². The van der Waals surface area contributed by atoms with Crippen molar-refractivity contribution in [1.82, 2.24) is 28.7 Å². The number of carbonyl (C=O) groups excluding carboxylic acids is 1. The van der Waals surface area contributed by atoms with Crippen LogP contribution in [-0.4, -0.2) is 60.9 Å². The van der Waals surface area contributed by atoms with Gasteiger partial charge < -0.3 is 19.9 Å². The molecule has 0 bridgehead atoms. The van der Waals surface area contributed by atoms with Crippen LogP contribution in [-0.2, 0) is 29.2 Å². The van der Waals surface area contributed by atoms with Crippen molar-refractivity contribution < 1.29 is 9.53 Å². The van der Waals surface area contributed by atoms with E-state index in [4.69, 9.17) is 15.5 Å². The molecule has 0 unspecified atom stereocenters. The minimum atomic E-state index is -0.681. The Hall–Kier alpha value is -4.06. The first-order chi connectivity index (χ1) is 17.8. The third-order valence-corrected chi connectivity index (χ3v) is 6.81. The standard InChI is InChI=1S/C25H30N8O4/c1-4-31-21-22(29-24(31)30-11-7-8-16(26)12-30)32(14-20(34)37-3)25(36)33(23(21)35)13-19-27-15(2)17-9-5-6-10-18(17)28-19/h5-6,9-10,16H,4,7-8,11-14,26H2,1-3H3/t16-/m1/s1. The van der Waals surface area contributed by atoms with E-state index in [0.29, 0.717) is 24.9 Å². The highest BCUT2D eigenvalue weighted by molar-refractivity contribution is 5.80. The van der Waals surface area contributed by atoms with Gasteiger partial charge in [-0.3, -0.25) is 18.7 Å². The third-order valence-electron chi connectivity index (χ3n) is 6.81. The Kier molecular flexibility index (Phi) is 6.50. The molecule has 194 valence electrons. The van der Waals surface area contributed by atoms with Gasteiger partial charge in [0.1, 0.15) is 12.4 Å². The first-order valence-corrected chi connectivity index (χ1v) is 12.4. The fourth-order valence-corrected chi connectivity index (χ4v) is 4.99. The summed E-state index contributed by atoms with van der Waals surface area (Å²) in [6, 6.07) is 7.54. The second-order valence-corrected chi connectivity index (χ2v) is 9.26. The second-order valence-electron chi connectivity index (χ2n) is 9.26. The van der Waals surface area contributed by atoms with Crippen molar-refractivity contribution in [3.05, 3.63) is 56.6 Å². The van der Waals surface area contributed by atoms with Gasteiger partial charge in [-0.05, 0) is 32.8 Å². The van der Waals surface area contributed by atoms with Gasteiger partial charge in [0.25, 0.3) is 5.56 Å². The number of carbonyl (C=O) groups is 1. The summed E-state index contributed by atoms with van der Waals surface area (Å²) in [5.41, 5.74) is 6.84. The lowest BCUT2D eigenvalue weighted by Gasteiger charge is -2.31. The van der Waals surface area contributed by atoms with Crippen molar-refractivity contribution in [2.24, 2.45) is 5.73 Å². The summed E-state index contributed by atoms with van der Waals surface area (Å²) in [6.07, 6.45) is 1.81. The number of aromatic nitrogens is 6. The van der Waals surface area contributed by atoms with Crippen LogP contribution in [0.3, 0.4) is 0 Å². The molecular formula is C25H30N8O4. The Bertz CT molecular complexity index is 1620. The van der Waals surface area contributed by atoms with Gasteiger partial charge in [-0.1, -0.05) is 18.2 Å². The van der Waals surface area contributed by atoms with E-state index >= 15 is 0 Å². The smallest absolute Gasteiger partial charge is 0.333 e. The molecule has 0 radical (unpaired) electrons. The maximum Gasteiger partial charge on any atom is 0.333 e. The molecule has 1 aliphatic rings. The van der Waals surface area contributed by atoms with Crippen LogP contribution in [0.15, 0.2) is 33.9 Å². The molecule has 12 heteroatoms. The predicted octanol–water partition coefficient (Wildman–Crippen LogP) is 0.780. The van der Waals surface area contributed by atoms with Crippen molar-refractivity contribution >= 4 is 34.0 Å². The van der Waals surface area contributed by atoms with Crippen LogP contribution >= 0.6 is 0 Å². The number of nitrogens with zero attached hydrogens (tertiary/aromatic N) is 7. The maximum absolute atomic E-state index is 13.8. The number of benzene rings is 1. The number of ether oxygens (including phenoxy) is 1. The molecule has 4 heterocycles. The molecule has 3 aromatic heterocycles. The minimum absolute atomic E-state index is 0.0129. The number of anilines is 1. The van der Waals surface area contributed by atoms with Gasteiger partial charge in [-0.25, -0.2) is 14.8 Å². The molecule has 4 aromatic rings. The van der Waals surface area contributed by atoms with Crippen molar-refractivity contribution in [3.8, 4) is 0 Å².